The quantitative estimate of drug-likeness (QED) is 0.179. The van der Waals surface area contributed by atoms with Gasteiger partial charge in [0.25, 0.3) is 0 Å². The first kappa shape index (κ1) is 29.3. The number of carbonyl (C=O) groups is 3. The number of furan rings is 1. The van der Waals surface area contributed by atoms with Gasteiger partial charge in [0.2, 0.25) is 5.91 Å². The van der Waals surface area contributed by atoms with E-state index in [4.69, 9.17) is 20.8 Å². The van der Waals surface area contributed by atoms with Gasteiger partial charge in [0, 0.05) is 10.6 Å². The average molecular weight is 557 g/mol. The first-order valence-corrected chi connectivity index (χ1v) is 14.0. The topological polar surface area (TPSA) is 97.6 Å². The number of rotatable bonds is 14. The summed E-state index contributed by atoms with van der Waals surface area (Å²) in [6.07, 6.45) is 1.73. The van der Waals surface area contributed by atoms with Crippen molar-refractivity contribution in [1.29, 1.82) is 0 Å². The van der Waals surface area contributed by atoms with Gasteiger partial charge >= 0.3 is 6.09 Å². The first-order chi connectivity index (χ1) is 18.3. The highest BCUT2D eigenvalue weighted by Gasteiger charge is 2.28. The lowest BCUT2D eigenvalue weighted by Crippen LogP contribution is -2.52. The summed E-state index contributed by atoms with van der Waals surface area (Å²) < 4.78 is 10.7. The molecule has 0 unspecified atom stereocenters. The Morgan fingerprint density at radius 1 is 0.947 bits per heavy atom. The molecule has 0 bridgehead atoms. The predicted octanol–water partition coefficient (Wildman–Crippen LogP) is 6.27. The molecule has 0 radical (unpaired) electrons. The first-order valence-electron chi connectivity index (χ1n) is 12.5. The van der Waals surface area contributed by atoms with Crippen LogP contribution in [0.3, 0.4) is 0 Å². The van der Waals surface area contributed by atoms with Crippen molar-refractivity contribution >= 4 is 41.1 Å². The highest BCUT2D eigenvalue weighted by atomic mass is 35.5. The van der Waals surface area contributed by atoms with Gasteiger partial charge in [-0.3, -0.25) is 9.59 Å². The Kier molecular flexibility index (Phi) is 11.8. The molecule has 2 aromatic carbocycles. The van der Waals surface area contributed by atoms with E-state index in [9.17, 15) is 14.4 Å². The summed E-state index contributed by atoms with van der Waals surface area (Å²) in [5, 5.41) is 6.08. The molecule has 0 aliphatic heterocycles. The Labute approximate surface area is 232 Å². The van der Waals surface area contributed by atoms with Gasteiger partial charge < -0.3 is 19.8 Å². The number of ketones is 1. The van der Waals surface area contributed by atoms with Crippen molar-refractivity contribution in [3.05, 3.63) is 94.9 Å². The molecule has 9 heteroatoms. The summed E-state index contributed by atoms with van der Waals surface area (Å²) in [4.78, 5) is 39.2. The normalized spacial score (nSPS) is 12.5. The standard InChI is InChI=1S/C29H33ClN2O5S/c1-20(2)17-26(32-29(35)37-18-21-7-4-3-5-8-21)28(34)31-25(14-16-38-19-24-9-6-15-36-24)27(33)22-10-12-23(30)13-11-22/h3-13,15,20,25-26H,14,16-19H2,1-2H3,(H,31,34)(H,32,35)/t25-,26-/m0/s1. The molecule has 202 valence electrons. The zero-order valence-electron chi connectivity index (χ0n) is 21.5. The molecule has 3 aromatic rings. The number of thioether (sulfide) groups is 1. The maximum atomic E-state index is 13.3. The average Bonchev–Trinajstić information content (AvgIpc) is 3.43. The van der Waals surface area contributed by atoms with Gasteiger partial charge in [0.05, 0.1) is 18.1 Å². The molecule has 7 nitrogen and oxygen atoms in total. The Balaban J connectivity index is 1.65. The van der Waals surface area contributed by atoms with Gasteiger partial charge in [0.1, 0.15) is 18.4 Å². The lowest BCUT2D eigenvalue weighted by atomic mass is 9.99. The molecule has 0 fully saturated rings. The molecule has 0 aliphatic rings. The van der Waals surface area contributed by atoms with Crippen molar-refractivity contribution in [1.82, 2.24) is 10.6 Å². The SMILES string of the molecule is CC(C)C[C@H](NC(=O)OCc1ccccc1)C(=O)N[C@@H](CCSCc1ccco1)C(=O)c1ccc(Cl)cc1. The van der Waals surface area contributed by atoms with Crippen LogP contribution in [-0.4, -0.2) is 35.6 Å². The monoisotopic (exact) mass is 556 g/mol. The van der Waals surface area contributed by atoms with E-state index < -0.39 is 24.1 Å². The van der Waals surface area contributed by atoms with Crippen molar-refractivity contribution in [3.8, 4) is 0 Å². The number of benzene rings is 2. The van der Waals surface area contributed by atoms with E-state index >= 15 is 0 Å². The molecule has 38 heavy (non-hydrogen) atoms. The van der Waals surface area contributed by atoms with Crippen LogP contribution in [0.4, 0.5) is 4.79 Å². The number of Topliss-reactive ketones (excluding diaryl/α,β-unsaturated/α-hetero) is 1. The maximum absolute atomic E-state index is 13.3. The third-order valence-electron chi connectivity index (χ3n) is 5.67. The molecular weight excluding hydrogens is 524 g/mol. The smallest absolute Gasteiger partial charge is 0.408 e. The Morgan fingerprint density at radius 3 is 2.34 bits per heavy atom. The van der Waals surface area contributed by atoms with Gasteiger partial charge in [-0.25, -0.2) is 4.79 Å². The predicted molar refractivity (Wildman–Crippen MR) is 150 cm³/mol. The number of hydrogen-bond donors (Lipinski definition) is 2. The van der Waals surface area contributed by atoms with E-state index in [1.165, 1.54) is 0 Å². The lowest BCUT2D eigenvalue weighted by molar-refractivity contribution is -0.124. The van der Waals surface area contributed by atoms with Gasteiger partial charge in [-0.05, 0) is 66.5 Å². The Hall–Kier alpha value is -3.23. The van der Waals surface area contributed by atoms with Crippen LogP contribution in [0.5, 0.6) is 0 Å². The molecule has 1 aromatic heterocycles. The van der Waals surface area contributed by atoms with E-state index in [-0.39, 0.29) is 18.3 Å². The third-order valence-corrected chi connectivity index (χ3v) is 6.93. The second kappa shape index (κ2) is 15.2. The molecule has 0 saturated heterocycles. The van der Waals surface area contributed by atoms with Crippen LogP contribution in [0.25, 0.3) is 0 Å². The zero-order valence-corrected chi connectivity index (χ0v) is 23.1. The fourth-order valence-corrected chi connectivity index (χ4v) is 4.77. The molecule has 0 saturated carbocycles. The minimum atomic E-state index is -0.852. The van der Waals surface area contributed by atoms with Crippen molar-refractivity contribution in [3.63, 3.8) is 0 Å². The van der Waals surface area contributed by atoms with Gasteiger partial charge in [-0.2, -0.15) is 11.8 Å². The summed E-state index contributed by atoms with van der Waals surface area (Å²) >= 11 is 7.60. The van der Waals surface area contributed by atoms with Crippen molar-refractivity contribution in [2.45, 2.75) is 51.1 Å². The molecule has 0 aliphatic carbocycles. The fraction of sp³-hybridized carbons (Fsp3) is 0.345. The molecule has 1 heterocycles. The van der Waals surface area contributed by atoms with Crippen LogP contribution in [0.15, 0.2) is 77.4 Å². The number of halogens is 1. The van der Waals surface area contributed by atoms with Crippen LogP contribution >= 0.6 is 23.4 Å². The Morgan fingerprint density at radius 2 is 1.68 bits per heavy atom. The number of alkyl carbamates (subject to hydrolysis) is 1. The van der Waals surface area contributed by atoms with E-state index in [1.807, 2.05) is 56.3 Å². The summed E-state index contributed by atoms with van der Waals surface area (Å²) in [5.41, 5.74) is 1.29. The van der Waals surface area contributed by atoms with Crippen LogP contribution < -0.4 is 10.6 Å². The van der Waals surface area contributed by atoms with E-state index in [0.717, 1.165) is 11.3 Å². The number of hydrogen-bond acceptors (Lipinski definition) is 6. The maximum Gasteiger partial charge on any atom is 0.408 e. The number of ether oxygens (including phenoxy) is 1. The number of carbonyl (C=O) groups excluding carboxylic acids is 3. The van der Waals surface area contributed by atoms with Crippen LogP contribution in [0.1, 0.15) is 48.4 Å². The van der Waals surface area contributed by atoms with Crippen LogP contribution in [0, 0.1) is 5.92 Å². The molecule has 2 amide bonds. The van der Waals surface area contributed by atoms with E-state index in [0.29, 0.717) is 34.9 Å². The Bertz CT molecular complexity index is 1150. The molecule has 0 spiro atoms. The summed E-state index contributed by atoms with van der Waals surface area (Å²) in [6.45, 7) is 4.00. The zero-order chi connectivity index (χ0) is 27.3. The number of nitrogens with one attached hydrogen (secondary N) is 2. The highest BCUT2D eigenvalue weighted by Crippen LogP contribution is 2.18. The second-order valence-corrected chi connectivity index (χ2v) is 10.8. The summed E-state index contributed by atoms with van der Waals surface area (Å²) in [7, 11) is 0. The van der Waals surface area contributed by atoms with Crippen LogP contribution in [-0.2, 0) is 21.9 Å². The number of amides is 2. The van der Waals surface area contributed by atoms with Crippen LogP contribution in [0.2, 0.25) is 5.02 Å². The van der Waals surface area contributed by atoms with Gasteiger partial charge in [-0.15, -0.1) is 0 Å². The minimum Gasteiger partial charge on any atom is -0.468 e. The minimum absolute atomic E-state index is 0.0905. The highest BCUT2D eigenvalue weighted by molar-refractivity contribution is 7.98. The lowest BCUT2D eigenvalue weighted by Gasteiger charge is -2.24. The van der Waals surface area contributed by atoms with Gasteiger partial charge in [0.15, 0.2) is 5.78 Å². The fourth-order valence-electron chi connectivity index (χ4n) is 3.74. The molecule has 3 rings (SSSR count). The van der Waals surface area contributed by atoms with Crippen molar-refractivity contribution < 1.29 is 23.5 Å². The molecule has 2 atom stereocenters. The van der Waals surface area contributed by atoms with Crippen molar-refractivity contribution in [2.24, 2.45) is 5.92 Å². The largest absolute Gasteiger partial charge is 0.468 e. The second-order valence-electron chi connectivity index (χ2n) is 9.24. The third kappa shape index (κ3) is 9.91. The summed E-state index contributed by atoms with van der Waals surface area (Å²) in [6, 6.07) is 18.0. The van der Waals surface area contributed by atoms with Gasteiger partial charge in [-0.1, -0.05) is 55.8 Å². The summed E-state index contributed by atoms with van der Waals surface area (Å²) in [5.74, 6) is 1.59. The van der Waals surface area contributed by atoms with Crippen molar-refractivity contribution in [2.75, 3.05) is 5.75 Å². The molecular formula is C29H33ClN2O5S. The van der Waals surface area contributed by atoms with E-state index in [1.54, 1.807) is 42.3 Å². The van der Waals surface area contributed by atoms with E-state index in [2.05, 4.69) is 10.6 Å². The molecule has 2 N–H and O–H groups in total.